The standard InChI is InChI=1S/C22H21N7O2/c30-22(31)16-10-5-6-11(14-9-13(10)14)17(16)24-20-15-4-2-8-29(15)28-21(25-20)18-12-3-1-7-23-19(12)27-26-18/h1-4,7-8,10-11,13-14,16-17H,5-6,9H2,(H,30,31)(H,23,26,27)(H,24,25,28). The minimum absolute atomic E-state index is 0.110. The fourth-order valence-electron chi connectivity index (χ4n) is 6.32. The van der Waals surface area contributed by atoms with Crippen molar-refractivity contribution in [2.45, 2.75) is 25.3 Å². The predicted octanol–water partition coefficient (Wildman–Crippen LogP) is 2.82. The third-order valence-corrected chi connectivity index (χ3v) is 7.67. The van der Waals surface area contributed by atoms with E-state index in [-0.39, 0.29) is 17.9 Å². The smallest absolute Gasteiger partial charge is 0.308 e. The van der Waals surface area contributed by atoms with Crippen molar-refractivity contribution in [1.29, 1.82) is 0 Å². The van der Waals surface area contributed by atoms with Crippen LogP contribution in [0.15, 0.2) is 36.7 Å². The fourth-order valence-corrected chi connectivity index (χ4v) is 6.32. The number of aromatic nitrogens is 6. The number of nitrogens with one attached hydrogen (secondary N) is 2. The molecule has 4 aliphatic carbocycles. The summed E-state index contributed by atoms with van der Waals surface area (Å²) in [5, 5.41) is 26.4. The number of aliphatic carboxylic acids is 1. The van der Waals surface area contributed by atoms with Gasteiger partial charge in [-0.25, -0.2) is 14.5 Å². The molecule has 0 spiro atoms. The van der Waals surface area contributed by atoms with Gasteiger partial charge in [-0.05, 0) is 67.2 Å². The summed E-state index contributed by atoms with van der Waals surface area (Å²) >= 11 is 0. The molecule has 0 amide bonds. The van der Waals surface area contributed by atoms with E-state index >= 15 is 0 Å². The summed E-state index contributed by atoms with van der Waals surface area (Å²) in [6.45, 7) is 0. The summed E-state index contributed by atoms with van der Waals surface area (Å²) in [5.41, 5.74) is 2.14. The Morgan fingerprint density at radius 2 is 2.03 bits per heavy atom. The number of carboxylic acid groups (broad SMARTS) is 1. The van der Waals surface area contributed by atoms with Crippen LogP contribution in [0.3, 0.4) is 0 Å². The maximum atomic E-state index is 12.2. The van der Waals surface area contributed by atoms with Crippen molar-refractivity contribution < 1.29 is 9.90 Å². The van der Waals surface area contributed by atoms with Gasteiger partial charge in [-0.2, -0.15) is 5.10 Å². The molecule has 31 heavy (non-hydrogen) atoms. The summed E-state index contributed by atoms with van der Waals surface area (Å²) in [6, 6.07) is 7.56. The van der Waals surface area contributed by atoms with Crippen molar-refractivity contribution in [3.05, 3.63) is 36.7 Å². The van der Waals surface area contributed by atoms with Gasteiger partial charge in [0, 0.05) is 18.4 Å². The lowest BCUT2D eigenvalue weighted by Crippen LogP contribution is -2.52. The largest absolute Gasteiger partial charge is 0.481 e. The van der Waals surface area contributed by atoms with Gasteiger partial charge in [-0.1, -0.05) is 0 Å². The molecule has 6 unspecified atom stereocenters. The molecule has 4 heterocycles. The average Bonchev–Trinajstić information content (AvgIpc) is 3.28. The molecule has 4 aromatic heterocycles. The van der Waals surface area contributed by atoms with Crippen molar-refractivity contribution >= 4 is 28.3 Å². The highest BCUT2D eigenvalue weighted by Gasteiger charge is 2.63. The Bertz CT molecular complexity index is 1340. The van der Waals surface area contributed by atoms with Crippen LogP contribution in [0.2, 0.25) is 0 Å². The van der Waals surface area contributed by atoms with E-state index in [9.17, 15) is 9.90 Å². The molecule has 4 aromatic rings. The number of nitrogens with zero attached hydrogens (tertiary/aromatic N) is 5. The molecule has 0 radical (unpaired) electrons. The monoisotopic (exact) mass is 415 g/mol. The van der Waals surface area contributed by atoms with Crippen LogP contribution in [0.5, 0.6) is 0 Å². The van der Waals surface area contributed by atoms with Crippen molar-refractivity contribution in [2.75, 3.05) is 5.32 Å². The molecule has 9 nitrogen and oxygen atoms in total. The van der Waals surface area contributed by atoms with Gasteiger partial charge in [0.15, 0.2) is 11.5 Å². The van der Waals surface area contributed by atoms with Gasteiger partial charge in [-0.3, -0.25) is 9.89 Å². The lowest BCUT2D eigenvalue weighted by atomic mass is 9.61. The zero-order chi connectivity index (χ0) is 20.7. The molecular formula is C22H21N7O2. The van der Waals surface area contributed by atoms with E-state index < -0.39 is 5.97 Å². The Kier molecular flexibility index (Phi) is 3.35. The third kappa shape index (κ3) is 2.40. The number of hydrogen-bond donors (Lipinski definition) is 3. The van der Waals surface area contributed by atoms with Crippen LogP contribution in [0, 0.1) is 29.6 Å². The summed E-state index contributed by atoms with van der Waals surface area (Å²) in [5.74, 6) is 2.05. The van der Waals surface area contributed by atoms with E-state index in [0.717, 1.165) is 23.7 Å². The van der Waals surface area contributed by atoms with Gasteiger partial charge in [-0.15, -0.1) is 5.10 Å². The second kappa shape index (κ2) is 6.03. The summed E-state index contributed by atoms with van der Waals surface area (Å²) in [6.07, 6.45) is 6.88. The molecule has 9 heteroatoms. The zero-order valence-corrected chi connectivity index (χ0v) is 16.6. The molecule has 4 fully saturated rings. The van der Waals surface area contributed by atoms with Gasteiger partial charge in [0.25, 0.3) is 0 Å². The lowest BCUT2D eigenvalue weighted by molar-refractivity contribution is -0.148. The van der Waals surface area contributed by atoms with E-state index in [4.69, 9.17) is 4.98 Å². The second-order valence-electron chi connectivity index (χ2n) is 9.10. The zero-order valence-electron chi connectivity index (χ0n) is 16.6. The topological polar surface area (TPSA) is 121 Å². The number of H-pyrrole nitrogens is 1. The van der Waals surface area contributed by atoms with Crippen molar-refractivity contribution in [2.24, 2.45) is 29.6 Å². The minimum Gasteiger partial charge on any atom is -0.481 e. The highest BCUT2D eigenvalue weighted by Crippen LogP contribution is 2.64. The van der Waals surface area contributed by atoms with E-state index in [1.807, 2.05) is 30.5 Å². The maximum Gasteiger partial charge on any atom is 0.308 e. The van der Waals surface area contributed by atoms with Gasteiger partial charge in [0.1, 0.15) is 11.2 Å². The van der Waals surface area contributed by atoms with Crippen LogP contribution in [-0.4, -0.2) is 46.9 Å². The van der Waals surface area contributed by atoms with Crippen LogP contribution in [0.25, 0.3) is 28.1 Å². The molecule has 8 rings (SSSR count). The van der Waals surface area contributed by atoms with Crippen molar-refractivity contribution in [3.8, 4) is 11.5 Å². The van der Waals surface area contributed by atoms with Crippen LogP contribution in [0.4, 0.5) is 5.82 Å². The maximum absolute atomic E-state index is 12.2. The number of pyridine rings is 1. The first kappa shape index (κ1) is 17.2. The Balaban J connectivity index is 1.34. The normalized spacial score (nSPS) is 31.1. The molecule has 2 bridgehead atoms. The quantitative estimate of drug-likeness (QED) is 0.469. The molecule has 4 saturated carbocycles. The first-order valence-corrected chi connectivity index (χ1v) is 10.8. The Labute approximate surface area is 176 Å². The van der Waals surface area contributed by atoms with Gasteiger partial charge in [0.2, 0.25) is 5.82 Å². The van der Waals surface area contributed by atoms with Crippen LogP contribution in [0.1, 0.15) is 19.3 Å². The molecule has 3 N–H and O–H groups in total. The third-order valence-electron chi connectivity index (χ3n) is 7.67. The summed E-state index contributed by atoms with van der Waals surface area (Å²) < 4.78 is 1.78. The van der Waals surface area contributed by atoms with Gasteiger partial charge < -0.3 is 10.4 Å². The SMILES string of the molecule is O=C(O)C1C2CCC(C3CC32)C1Nc1nc(-c2[nH]nc3ncccc23)nn2cccc12. The first-order chi connectivity index (χ1) is 15.2. The molecule has 0 aliphatic heterocycles. The number of aromatic amines is 1. The van der Waals surface area contributed by atoms with Gasteiger partial charge in [0.05, 0.1) is 11.3 Å². The molecule has 4 aliphatic rings. The van der Waals surface area contributed by atoms with E-state index in [2.05, 4.69) is 25.6 Å². The Hall–Kier alpha value is -3.49. The Morgan fingerprint density at radius 3 is 2.94 bits per heavy atom. The first-order valence-electron chi connectivity index (χ1n) is 10.8. The molecule has 0 saturated heterocycles. The van der Waals surface area contributed by atoms with E-state index in [0.29, 0.717) is 40.7 Å². The molecule has 0 aromatic carbocycles. The average molecular weight is 415 g/mol. The van der Waals surface area contributed by atoms with Crippen molar-refractivity contribution in [1.82, 2.24) is 29.8 Å². The molecular weight excluding hydrogens is 394 g/mol. The summed E-state index contributed by atoms with van der Waals surface area (Å²) in [4.78, 5) is 21.3. The predicted molar refractivity (Wildman–Crippen MR) is 112 cm³/mol. The van der Waals surface area contributed by atoms with E-state index in [1.165, 1.54) is 6.42 Å². The summed E-state index contributed by atoms with van der Waals surface area (Å²) in [7, 11) is 0. The fraction of sp³-hybridized carbons (Fsp3) is 0.409. The number of fused-ring (bicyclic) bond motifs is 4. The van der Waals surface area contributed by atoms with E-state index in [1.54, 1.807) is 10.7 Å². The number of hydrogen-bond acceptors (Lipinski definition) is 6. The molecule has 6 atom stereocenters. The molecule has 156 valence electrons. The highest BCUT2D eigenvalue weighted by atomic mass is 16.4. The van der Waals surface area contributed by atoms with Crippen LogP contribution < -0.4 is 5.32 Å². The van der Waals surface area contributed by atoms with Crippen LogP contribution in [-0.2, 0) is 4.79 Å². The minimum atomic E-state index is -0.691. The second-order valence-corrected chi connectivity index (χ2v) is 9.10. The number of rotatable bonds is 4. The number of carboxylic acids is 1. The Morgan fingerprint density at radius 1 is 1.16 bits per heavy atom. The lowest BCUT2D eigenvalue weighted by Gasteiger charge is -2.46. The van der Waals surface area contributed by atoms with Gasteiger partial charge >= 0.3 is 5.97 Å². The van der Waals surface area contributed by atoms with Crippen molar-refractivity contribution in [3.63, 3.8) is 0 Å². The number of anilines is 1. The number of carbonyl (C=O) groups is 1. The van der Waals surface area contributed by atoms with Crippen LogP contribution >= 0.6 is 0 Å². The highest BCUT2D eigenvalue weighted by molar-refractivity contribution is 5.89.